The molecule has 25 heavy (non-hydrogen) atoms. The number of nitro benzene ring substituents is 1. The lowest BCUT2D eigenvalue weighted by atomic mass is 10.1. The van der Waals surface area contributed by atoms with E-state index in [1.807, 2.05) is 4.72 Å². The third-order valence-electron chi connectivity index (χ3n) is 3.05. The molecule has 10 heteroatoms. The predicted octanol–water partition coefficient (Wildman–Crippen LogP) is 1.67. The van der Waals surface area contributed by atoms with Gasteiger partial charge in [-0.25, -0.2) is 13.1 Å². The number of amides is 2. The molecule has 2 N–H and O–H groups in total. The van der Waals surface area contributed by atoms with Gasteiger partial charge in [-0.2, -0.15) is 0 Å². The average Bonchev–Trinajstić information content (AvgIpc) is 2.54. The van der Waals surface area contributed by atoms with Gasteiger partial charge in [-0.3, -0.25) is 19.7 Å². The topological polar surface area (TPSA) is 135 Å². The summed E-state index contributed by atoms with van der Waals surface area (Å²) in [7, 11) is -3.98. The van der Waals surface area contributed by atoms with Gasteiger partial charge in [0.2, 0.25) is 5.91 Å². The minimum atomic E-state index is -3.98. The molecule has 9 nitrogen and oxygen atoms in total. The van der Waals surface area contributed by atoms with Gasteiger partial charge in [-0.1, -0.05) is 12.1 Å². The number of benzene rings is 2. The highest BCUT2D eigenvalue weighted by atomic mass is 32.2. The number of rotatable bonds is 5. The molecule has 0 radical (unpaired) electrons. The van der Waals surface area contributed by atoms with E-state index in [9.17, 15) is 28.1 Å². The zero-order valence-electron chi connectivity index (χ0n) is 12.9. The molecule has 0 aliphatic heterocycles. The number of anilines is 1. The van der Waals surface area contributed by atoms with Gasteiger partial charge in [0.25, 0.3) is 21.6 Å². The maximum Gasteiger partial charge on any atom is 0.282 e. The molecular weight excluding hydrogens is 350 g/mol. The quantitative estimate of drug-likeness (QED) is 0.613. The van der Waals surface area contributed by atoms with Gasteiger partial charge < -0.3 is 5.32 Å². The van der Waals surface area contributed by atoms with Crippen LogP contribution in [0.4, 0.5) is 11.4 Å². The van der Waals surface area contributed by atoms with Gasteiger partial charge in [0.1, 0.15) is 5.56 Å². The molecule has 0 fully saturated rings. The molecule has 0 atom stereocenters. The maximum absolute atomic E-state index is 12.2. The fourth-order valence-electron chi connectivity index (χ4n) is 1.99. The summed E-state index contributed by atoms with van der Waals surface area (Å²) in [5.41, 5.74) is -0.225. The summed E-state index contributed by atoms with van der Waals surface area (Å²) in [5, 5.41) is 13.4. The standard InChI is InChI=1S/C15H13N3O6S/c1-10(19)17-25(23,24)12-8-6-11(7-9-12)16-15(20)13-4-2-3-5-14(13)18(21)22/h2-9H,1H3,(H,16,20)(H,17,19). The van der Waals surface area contributed by atoms with Crippen molar-refractivity contribution < 1.29 is 22.9 Å². The molecule has 0 aliphatic rings. The van der Waals surface area contributed by atoms with Crippen molar-refractivity contribution in [3.8, 4) is 0 Å². The number of hydrogen-bond acceptors (Lipinski definition) is 6. The van der Waals surface area contributed by atoms with Crippen LogP contribution in [0, 0.1) is 10.1 Å². The van der Waals surface area contributed by atoms with Gasteiger partial charge in [-0.15, -0.1) is 0 Å². The molecule has 0 spiro atoms. The first-order valence-electron chi connectivity index (χ1n) is 6.89. The van der Waals surface area contributed by atoms with Gasteiger partial charge in [-0.05, 0) is 30.3 Å². The van der Waals surface area contributed by atoms with Crippen molar-refractivity contribution in [2.75, 3.05) is 5.32 Å². The van der Waals surface area contributed by atoms with Crippen LogP contribution in [-0.2, 0) is 14.8 Å². The first-order chi connectivity index (χ1) is 11.7. The summed E-state index contributed by atoms with van der Waals surface area (Å²) in [6.45, 7) is 1.07. The SMILES string of the molecule is CC(=O)NS(=O)(=O)c1ccc(NC(=O)c2ccccc2[N+](=O)[O-])cc1. The highest BCUT2D eigenvalue weighted by molar-refractivity contribution is 7.90. The molecule has 130 valence electrons. The first-order valence-corrected chi connectivity index (χ1v) is 8.37. The largest absolute Gasteiger partial charge is 0.322 e. The number of hydrogen-bond donors (Lipinski definition) is 2. The van der Waals surface area contributed by atoms with Gasteiger partial charge in [0, 0.05) is 18.7 Å². The van der Waals surface area contributed by atoms with Crippen molar-refractivity contribution in [1.29, 1.82) is 0 Å². The van der Waals surface area contributed by atoms with E-state index in [0.29, 0.717) is 0 Å². The lowest BCUT2D eigenvalue weighted by Crippen LogP contribution is -2.28. The number of sulfonamides is 1. The lowest BCUT2D eigenvalue weighted by Gasteiger charge is -2.08. The molecule has 0 heterocycles. The van der Waals surface area contributed by atoms with Crippen molar-refractivity contribution in [2.45, 2.75) is 11.8 Å². The Hall–Kier alpha value is -3.27. The first kappa shape index (κ1) is 18.1. The van der Waals surface area contributed by atoms with Crippen LogP contribution in [0.25, 0.3) is 0 Å². The zero-order chi connectivity index (χ0) is 18.6. The maximum atomic E-state index is 12.2. The highest BCUT2D eigenvalue weighted by Crippen LogP contribution is 2.20. The van der Waals surface area contributed by atoms with Crippen molar-refractivity contribution >= 4 is 33.2 Å². The third-order valence-corrected chi connectivity index (χ3v) is 4.49. The second kappa shape index (κ2) is 7.09. The molecular formula is C15H13N3O6S. The van der Waals surface area contributed by atoms with Crippen LogP contribution < -0.4 is 10.0 Å². The number of carbonyl (C=O) groups is 2. The third kappa shape index (κ3) is 4.38. The number of para-hydroxylation sites is 1. The lowest BCUT2D eigenvalue weighted by molar-refractivity contribution is -0.385. The Morgan fingerprint density at radius 1 is 1.04 bits per heavy atom. The second-order valence-corrected chi connectivity index (χ2v) is 6.60. The van der Waals surface area contributed by atoms with Crippen LogP contribution in [-0.4, -0.2) is 25.2 Å². The Morgan fingerprint density at radius 2 is 1.64 bits per heavy atom. The molecule has 0 saturated carbocycles. The number of carbonyl (C=O) groups excluding carboxylic acids is 2. The summed E-state index contributed by atoms with van der Waals surface area (Å²) in [5.74, 6) is -1.43. The summed E-state index contributed by atoms with van der Waals surface area (Å²) in [4.78, 5) is 33.2. The summed E-state index contributed by atoms with van der Waals surface area (Å²) in [6.07, 6.45) is 0. The van der Waals surface area contributed by atoms with Crippen LogP contribution in [0.3, 0.4) is 0 Å². The molecule has 0 bridgehead atoms. The Bertz CT molecular complexity index is 938. The zero-order valence-corrected chi connectivity index (χ0v) is 13.7. The number of nitrogens with zero attached hydrogens (tertiary/aromatic N) is 1. The van der Waals surface area contributed by atoms with Crippen LogP contribution >= 0.6 is 0 Å². The molecule has 0 aromatic heterocycles. The molecule has 2 aromatic rings. The predicted molar refractivity (Wildman–Crippen MR) is 88.5 cm³/mol. The number of nitro groups is 1. The number of nitrogens with one attached hydrogen (secondary N) is 2. The fourth-order valence-corrected chi connectivity index (χ4v) is 2.98. The minimum absolute atomic E-state index is 0.123. The van der Waals surface area contributed by atoms with Crippen LogP contribution in [0.5, 0.6) is 0 Å². The average molecular weight is 363 g/mol. The van der Waals surface area contributed by atoms with E-state index in [4.69, 9.17) is 0 Å². The molecule has 0 aliphatic carbocycles. The molecule has 2 rings (SSSR count). The molecule has 0 unspecified atom stereocenters. The Labute approximate surface area is 142 Å². The fraction of sp³-hybridized carbons (Fsp3) is 0.0667. The summed E-state index contributed by atoms with van der Waals surface area (Å²) in [6, 6.07) is 10.5. The van der Waals surface area contributed by atoms with Crippen molar-refractivity contribution in [1.82, 2.24) is 4.72 Å². The molecule has 2 amide bonds. The van der Waals surface area contributed by atoms with Gasteiger partial charge >= 0.3 is 0 Å². The van der Waals surface area contributed by atoms with E-state index in [-0.39, 0.29) is 21.8 Å². The van der Waals surface area contributed by atoms with E-state index in [1.165, 1.54) is 48.5 Å². The van der Waals surface area contributed by atoms with Crippen molar-refractivity contribution in [2.24, 2.45) is 0 Å². The van der Waals surface area contributed by atoms with E-state index in [1.54, 1.807) is 0 Å². The van der Waals surface area contributed by atoms with E-state index in [2.05, 4.69) is 5.32 Å². The van der Waals surface area contributed by atoms with E-state index in [0.717, 1.165) is 6.92 Å². The van der Waals surface area contributed by atoms with Crippen LogP contribution in [0.15, 0.2) is 53.4 Å². The Kier molecular flexibility index (Phi) is 5.13. The van der Waals surface area contributed by atoms with E-state index < -0.39 is 26.8 Å². The van der Waals surface area contributed by atoms with Crippen LogP contribution in [0.1, 0.15) is 17.3 Å². The monoisotopic (exact) mass is 363 g/mol. The molecule has 2 aromatic carbocycles. The summed E-state index contributed by atoms with van der Waals surface area (Å²) < 4.78 is 25.5. The van der Waals surface area contributed by atoms with Crippen LogP contribution in [0.2, 0.25) is 0 Å². The van der Waals surface area contributed by atoms with Gasteiger partial charge in [0.05, 0.1) is 9.82 Å². The Balaban J connectivity index is 2.21. The van der Waals surface area contributed by atoms with E-state index >= 15 is 0 Å². The Morgan fingerprint density at radius 3 is 2.20 bits per heavy atom. The van der Waals surface area contributed by atoms with Crippen molar-refractivity contribution in [3.05, 3.63) is 64.2 Å². The minimum Gasteiger partial charge on any atom is -0.322 e. The smallest absolute Gasteiger partial charge is 0.282 e. The summed E-state index contributed by atoms with van der Waals surface area (Å²) >= 11 is 0. The normalized spacial score (nSPS) is 10.8. The van der Waals surface area contributed by atoms with Crippen molar-refractivity contribution in [3.63, 3.8) is 0 Å². The highest BCUT2D eigenvalue weighted by Gasteiger charge is 2.20. The second-order valence-electron chi connectivity index (χ2n) is 4.91. The molecule has 0 saturated heterocycles. The van der Waals surface area contributed by atoms with Gasteiger partial charge in [0.15, 0.2) is 0 Å².